The minimum Gasteiger partial charge on any atom is -0.386 e. The molecule has 1 N–H and O–H groups in total. The Morgan fingerprint density at radius 3 is 2.60 bits per heavy atom. The van der Waals surface area contributed by atoms with Crippen LogP contribution in [0.4, 0.5) is 0 Å². The van der Waals surface area contributed by atoms with Gasteiger partial charge in [0.15, 0.2) is 0 Å². The van der Waals surface area contributed by atoms with E-state index < -0.39 is 5.60 Å². The lowest BCUT2D eigenvalue weighted by Crippen LogP contribution is -2.32. The van der Waals surface area contributed by atoms with Crippen molar-refractivity contribution in [3.8, 4) is 0 Å². The summed E-state index contributed by atoms with van der Waals surface area (Å²) in [5.74, 6) is 1.34. The Balaban J connectivity index is 2.21. The van der Waals surface area contributed by atoms with Gasteiger partial charge in [-0.05, 0) is 37.5 Å². The Morgan fingerprint density at radius 1 is 1.50 bits per heavy atom. The Morgan fingerprint density at radius 2 is 2.30 bits per heavy atom. The molecule has 0 aromatic carbocycles. The predicted molar refractivity (Wildman–Crippen MR) is 40.6 cm³/mol. The topological polar surface area (TPSA) is 20.2 Å². The van der Waals surface area contributed by atoms with Gasteiger partial charge in [-0.15, -0.1) is 6.58 Å². The van der Waals surface area contributed by atoms with Crippen LogP contribution in [-0.2, 0) is 0 Å². The first-order valence-electron chi connectivity index (χ1n) is 4.10. The van der Waals surface area contributed by atoms with E-state index in [0.29, 0.717) is 5.92 Å². The molecule has 10 heavy (non-hydrogen) atoms. The number of fused-ring (bicyclic) bond motifs is 2. The highest BCUT2D eigenvalue weighted by Crippen LogP contribution is 2.51. The maximum Gasteiger partial charge on any atom is 0.0855 e. The van der Waals surface area contributed by atoms with E-state index in [-0.39, 0.29) is 0 Å². The lowest BCUT2D eigenvalue weighted by molar-refractivity contribution is 0.0344. The van der Waals surface area contributed by atoms with Crippen LogP contribution in [0.3, 0.4) is 0 Å². The molecule has 1 heteroatoms. The van der Waals surface area contributed by atoms with Gasteiger partial charge in [-0.1, -0.05) is 6.08 Å². The van der Waals surface area contributed by atoms with Gasteiger partial charge in [-0.25, -0.2) is 0 Å². The van der Waals surface area contributed by atoms with Crippen molar-refractivity contribution in [2.24, 2.45) is 11.8 Å². The summed E-state index contributed by atoms with van der Waals surface area (Å²) in [6.07, 6.45) is 6.51. The van der Waals surface area contributed by atoms with Crippen LogP contribution >= 0.6 is 0 Å². The molecule has 1 nitrogen and oxygen atoms in total. The van der Waals surface area contributed by atoms with Crippen LogP contribution < -0.4 is 0 Å². The van der Waals surface area contributed by atoms with Crippen molar-refractivity contribution in [2.75, 3.05) is 0 Å². The van der Waals surface area contributed by atoms with E-state index in [9.17, 15) is 5.11 Å². The van der Waals surface area contributed by atoms with Gasteiger partial charge in [-0.2, -0.15) is 0 Å². The highest BCUT2D eigenvalue weighted by Gasteiger charge is 2.47. The van der Waals surface area contributed by atoms with Gasteiger partial charge in [0.2, 0.25) is 0 Å². The van der Waals surface area contributed by atoms with Crippen LogP contribution in [0.2, 0.25) is 0 Å². The van der Waals surface area contributed by atoms with Crippen LogP contribution in [0.1, 0.15) is 25.7 Å². The van der Waals surface area contributed by atoms with Crippen molar-refractivity contribution < 1.29 is 5.11 Å². The lowest BCUT2D eigenvalue weighted by Gasteiger charge is -2.28. The van der Waals surface area contributed by atoms with Crippen LogP contribution in [0.15, 0.2) is 12.7 Å². The van der Waals surface area contributed by atoms with Gasteiger partial charge in [-0.3, -0.25) is 0 Å². The summed E-state index contributed by atoms with van der Waals surface area (Å²) < 4.78 is 0. The van der Waals surface area contributed by atoms with Crippen LogP contribution in [0.5, 0.6) is 0 Å². The zero-order valence-electron chi connectivity index (χ0n) is 6.21. The van der Waals surface area contributed by atoms with E-state index in [2.05, 4.69) is 6.58 Å². The molecule has 56 valence electrons. The fraction of sp³-hybridized carbons (Fsp3) is 0.778. The maximum absolute atomic E-state index is 9.87. The fourth-order valence-corrected chi connectivity index (χ4v) is 2.59. The molecule has 0 aliphatic heterocycles. The minimum absolute atomic E-state index is 0.483. The minimum atomic E-state index is -0.483. The summed E-state index contributed by atoms with van der Waals surface area (Å²) in [5, 5.41) is 9.87. The second-order valence-electron chi connectivity index (χ2n) is 3.78. The van der Waals surface area contributed by atoms with Crippen molar-refractivity contribution in [1.82, 2.24) is 0 Å². The molecule has 0 saturated heterocycles. The molecule has 2 saturated carbocycles. The van der Waals surface area contributed by atoms with Crippen molar-refractivity contribution in [1.29, 1.82) is 0 Å². The number of hydrogen-bond acceptors (Lipinski definition) is 1. The van der Waals surface area contributed by atoms with Gasteiger partial charge < -0.3 is 5.11 Å². The van der Waals surface area contributed by atoms with Crippen molar-refractivity contribution >= 4 is 0 Å². The first-order valence-corrected chi connectivity index (χ1v) is 4.10. The lowest BCUT2D eigenvalue weighted by atomic mass is 9.84. The zero-order valence-corrected chi connectivity index (χ0v) is 6.21. The number of hydrogen-bond donors (Lipinski definition) is 1. The van der Waals surface area contributed by atoms with E-state index in [1.165, 1.54) is 19.3 Å². The van der Waals surface area contributed by atoms with Gasteiger partial charge in [0.25, 0.3) is 0 Å². The molecule has 2 bridgehead atoms. The summed E-state index contributed by atoms with van der Waals surface area (Å²) in [5.41, 5.74) is -0.483. The molecule has 0 spiro atoms. The van der Waals surface area contributed by atoms with Crippen molar-refractivity contribution in [2.45, 2.75) is 31.3 Å². The third kappa shape index (κ3) is 0.671. The van der Waals surface area contributed by atoms with Gasteiger partial charge in [0.05, 0.1) is 5.60 Å². The van der Waals surface area contributed by atoms with E-state index >= 15 is 0 Å². The summed E-state index contributed by atoms with van der Waals surface area (Å²) in [6.45, 7) is 3.68. The zero-order chi connectivity index (χ0) is 7.19. The molecule has 0 amide bonds. The monoisotopic (exact) mass is 138 g/mol. The predicted octanol–water partition coefficient (Wildman–Crippen LogP) is 1.72. The molecule has 2 aliphatic rings. The van der Waals surface area contributed by atoms with Crippen LogP contribution in [-0.4, -0.2) is 10.7 Å². The summed E-state index contributed by atoms with van der Waals surface area (Å²) in [7, 11) is 0. The van der Waals surface area contributed by atoms with E-state index in [0.717, 1.165) is 12.3 Å². The van der Waals surface area contributed by atoms with Gasteiger partial charge in [0, 0.05) is 0 Å². The third-order valence-electron chi connectivity index (χ3n) is 3.22. The highest BCUT2D eigenvalue weighted by atomic mass is 16.3. The molecule has 3 atom stereocenters. The number of rotatable bonds is 1. The van der Waals surface area contributed by atoms with Crippen molar-refractivity contribution in [3.63, 3.8) is 0 Å². The largest absolute Gasteiger partial charge is 0.386 e. The van der Waals surface area contributed by atoms with E-state index in [4.69, 9.17) is 0 Å². The second-order valence-corrected chi connectivity index (χ2v) is 3.78. The molecule has 2 fully saturated rings. The molecule has 2 rings (SSSR count). The van der Waals surface area contributed by atoms with E-state index in [1.807, 2.05) is 0 Å². The third-order valence-corrected chi connectivity index (χ3v) is 3.22. The summed E-state index contributed by atoms with van der Waals surface area (Å²) in [4.78, 5) is 0. The normalized spacial score (nSPS) is 51.7. The molecular weight excluding hydrogens is 124 g/mol. The van der Waals surface area contributed by atoms with Gasteiger partial charge >= 0.3 is 0 Å². The highest BCUT2D eigenvalue weighted by molar-refractivity contribution is 5.09. The van der Waals surface area contributed by atoms with Crippen molar-refractivity contribution in [3.05, 3.63) is 12.7 Å². The quantitative estimate of drug-likeness (QED) is 0.547. The smallest absolute Gasteiger partial charge is 0.0855 e. The molecule has 0 unspecified atom stereocenters. The Kier molecular flexibility index (Phi) is 1.19. The summed E-state index contributed by atoms with van der Waals surface area (Å²) >= 11 is 0. The standard InChI is InChI=1S/C9H14O/c1-2-9(10)6-7-3-4-8(9)5-7/h2,7-8,10H,1,3-6H2/t7-,8-,9+/m1/s1. The van der Waals surface area contributed by atoms with Gasteiger partial charge in [0.1, 0.15) is 0 Å². The van der Waals surface area contributed by atoms with Crippen LogP contribution in [0.25, 0.3) is 0 Å². The molecule has 0 aromatic rings. The number of aliphatic hydroxyl groups is 1. The Bertz CT molecular complexity index is 164. The summed E-state index contributed by atoms with van der Waals surface area (Å²) in [6, 6.07) is 0. The Labute approximate surface area is 61.8 Å². The molecule has 0 aromatic heterocycles. The second kappa shape index (κ2) is 1.85. The average molecular weight is 138 g/mol. The maximum atomic E-state index is 9.87. The first-order chi connectivity index (χ1) is 4.74. The molecule has 2 aliphatic carbocycles. The molecule has 0 radical (unpaired) electrons. The average Bonchev–Trinajstić information content (AvgIpc) is 2.46. The van der Waals surface area contributed by atoms with E-state index in [1.54, 1.807) is 6.08 Å². The fourth-order valence-electron chi connectivity index (χ4n) is 2.59. The van der Waals surface area contributed by atoms with Crippen LogP contribution in [0, 0.1) is 11.8 Å². The molecule has 0 heterocycles. The Hall–Kier alpha value is -0.300. The molecular formula is C9H14O. The first kappa shape index (κ1) is 6.41. The SMILES string of the molecule is C=C[C@]1(O)C[C@@H]2CC[C@@H]1C2.